The van der Waals surface area contributed by atoms with Gasteiger partial charge in [-0.15, -0.1) is 0 Å². The Hall–Kier alpha value is -3.28. The van der Waals surface area contributed by atoms with Crippen LogP contribution in [0.2, 0.25) is 0 Å². The van der Waals surface area contributed by atoms with Gasteiger partial charge in [0, 0.05) is 18.0 Å². The Morgan fingerprint density at radius 3 is 2.66 bits per heavy atom. The third-order valence-electron chi connectivity index (χ3n) is 5.10. The maximum Gasteiger partial charge on any atom is 0.255 e. The summed E-state index contributed by atoms with van der Waals surface area (Å²) < 4.78 is 6.28. The van der Waals surface area contributed by atoms with Gasteiger partial charge in [-0.25, -0.2) is 0 Å². The van der Waals surface area contributed by atoms with Crippen molar-refractivity contribution in [1.29, 1.82) is 0 Å². The summed E-state index contributed by atoms with van der Waals surface area (Å²) >= 11 is 0. The number of ether oxygens (including phenoxy) is 1. The minimum Gasteiger partial charge on any atom is -0.507 e. The molecule has 1 atom stereocenters. The maximum atomic E-state index is 12.6. The Morgan fingerprint density at radius 2 is 1.93 bits per heavy atom. The minimum atomic E-state index is -0.711. The van der Waals surface area contributed by atoms with Crippen LogP contribution in [0, 0.1) is 0 Å². The highest BCUT2D eigenvalue weighted by Crippen LogP contribution is 2.39. The molecule has 150 valence electrons. The number of H-pyrrole nitrogens is 1. The van der Waals surface area contributed by atoms with E-state index >= 15 is 0 Å². The predicted molar refractivity (Wildman–Crippen MR) is 110 cm³/mol. The van der Waals surface area contributed by atoms with E-state index in [0.717, 1.165) is 11.4 Å². The van der Waals surface area contributed by atoms with Crippen LogP contribution in [0.3, 0.4) is 0 Å². The number of amides is 1. The molecule has 0 bridgehead atoms. The number of rotatable bonds is 8. The number of carbonyl (C=O) groups is 1. The Labute approximate surface area is 169 Å². The highest BCUT2D eigenvalue weighted by atomic mass is 16.5. The lowest BCUT2D eigenvalue weighted by molar-refractivity contribution is 0.0736. The van der Waals surface area contributed by atoms with Gasteiger partial charge in [-0.3, -0.25) is 9.89 Å². The maximum absolute atomic E-state index is 12.6. The van der Waals surface area contributed by atoms with Gasteiger partial charge in [0.2, 0.25) is 0 Å². The summed E-state index contributed by atoms with van der Waals surface area (Å²) in [4.78, 5) is 12.6. The van der Waals surface area contributed by atoms with Crippen molar-refractivity contribution in [3.8, 4) is 11.5 Å². The summed E-state index contributed by atoms with van der Waals surface area (Å²) in [7, 11) is 0. The lowest BCUT2D eigenvalue weighted by Crippen LogP contribution is -2.47. The zero-order valence-electron chi connectivity index (χ0n) is 16.4. The third-order valence-corrected chi connectivity index (χ3v) is 5.10. The van der Waals surface area contributed by atoms with Crippen molar-refractivity contribution in [3.63, 3.8) is 0 Å². The quantitative estimate of drug-likeness (QED) is 0.545. The van der Waals surface area contributed by atoms with E-state index in [9.17, 15) is 9.90 Å². The Bertz CT molecular complexity index is 982. The first-order valence-electron chi connectivity index (χ1n) is 9.87. The van der Waals surface area contributed by atoms with Gasteiger partial charge in [0.05, 0.1) is 17.8 Å². The number of aromatic nitrogens is 2. The van der Waals surface area contributed by atoms with E-state index in [1.165, 1.54) is 24.6 Å². The molecular formula is C23H25N3O3. The van der Waals surface area contributed by atoms with E-state index in [0.29, 0.717) is 12.3 Å². The molecule has 0 aliphatic heterocycles. The van der Waals surface area contributed by atoms with Gasteiger partial charge in [-0.2, -0.15) is 5.10 Å². The van der Waals surface area contributed by atoms with Crippen LogP contribution in [-0.2, 0) is 6.42 Å². The number of phenols is 1. The van der Waals surface area contributed by atoms with Gasteiger partial charge >= 0.3 is 0 Å². The summed E-state index contributed by atoms with van der Waals surface area (Å²) in [5.74, 6) is 0.937. The Kier molecular flexibility index (Phi) is 5.25. The number of para-hydroxylation sites is 2. The average molecular weight is 391 g/mol. The smallest absolute Gasteiger partial charge is 0.255 e. The first-order chi connectivity index (χ1) is 14.0. The lowest BCUT2D eigenvalue weighted by Gasteiger charge is -2.30. The van der Waals surface area contributed by atoms with E-state index in [2.05, 4.69) is 21.6 Å². The first-order valence-corrected chi connectivity index (χ1v) is 9.87. The Morgan fingerprint density at radius 1 is 1.21 bits per heavy atom. The summed E-state index contributed by atoms with van der Waals surface area (Å²) in [6, 6.07) is 18.1. The molecule has 0 spiro atoms. The van der Waals surface area contributed by atoms with Crippen LogP contribution >= 0.6 is 0 Å². The standard InChI is InChI=1S/C23H25N3O3/c1-23(29-18-7-3-2-4-8-18,14-17-13-20(26-25-17)16-11-12-16)15-24-22(28)19-9-5-6-10-21(19)27/h2-10,13,16,27H,11-12,14-15H2,1H3,(H,24,28)(H,25,26). The van der Waals surface area contributed by atoms with Gasteiger partial charge in [0.1, 0.15) is 17.1 Å². The number of hydrogen-bond acceptors (Lipinski definition) is 4. The molecule has 6 nitrogen and oxygen atoms in total. The van der Waals surface area contributed by atoms with E-state index < -0.39 is 5.60 Å². The second kappa shape index (κ2) is 7.99. The summed E-state index contributed by atoms with van der Waals surface area (Å²) in [5, 5.41) is 20.4. The van der Waals surface area contributed by atoms with Crippen molar-refractivity contribution in [2.75, 3.05) is 6.54 Å². The highest BCUT2D eigenvalue weighted by molar-refractivity contribution is 5.96. The number of aromatic hydroxyl groups is 1. The third kappa shape index (κ3) is 4.77. The first kappa shape index (κ1) is 19.1. The number of hydrogen-bond donors (Lipinski definition) is 3. The fourth-order valence-corrected chi connectivity index (χ4v) is 3.39. The molecule has 3 aromatic rings. The summed E-state index contributed by atoms with van der Waals surface area (Å²) in [5.41, 5.74) is 1.60. The van der Waals surface area contributed by atoms with Crippen LogP contribution in [0.25, 0.3) is 0 Å². The average Bonchev–Trinajstić information content (AvgIpc) is 3.47. The molecule has 1 aromatic heterocycles. The number of aromatic amines is 1. The minimum absolute atomic E-state index is 0.0444. The zero-order chi connectivity index (χ0) is 20.3. The van der Waals surface area contributed by atoms with E-state index in [1.807, 2.05) is 37.3 Å². The Balaban J connectivity index is 1.50. The monoisotopic (exact) mass is 391 g/mol. The molecule has 1 amide bonds. The molecule has 1 fully saturated rings. The topological polar surface area (TPSA) is 87.2 Å². The van der Waals surface area contributed by atoms with Crippen molar-refractivity contribution in [3.05, 3.63) is 77.6 Å². The van der Waals surface area contributed by atoms with Gasteiger partial charge in [-0.05, 0) is 50.1 Å². The highest BCUT2D eigenvalue weighted by Gasteiger charge is 2.31. The van der Waals surface area contributed by atoms with Crippen molar-refractivity contribution in [2.24, 2.45) is 0 Å². The second-order valence-electron chi connectivity index (χ2n) is 7.83. The summed E-state index contributed by atoms with van der Waals surface area (Å²) in [6.45, 7) is 2.22. The molecule has 4 rings (SSSR count). The molecule has 6 heteroatoms. The predicted octanol–water partition coefficient (Wildman–Crippen LogP) is 3.80. The van der Waals surface area contributed by atoms with E-state index in [1.54, 1.807) is 18.2 Å². The van der Waals surface area contributed by atoms with Crippen molar-refractivity contribution in [2.45, 2.75) is 37.7 Å². The number of nitrogens with one attached hydrogen (secondary N) is 2. The molecule has 0 saturated heterocycles. The van der Waals surface area contributed by atoms with Gasteiger partial charge in [-0.1, -0.05) is 30.3 Å². The number of phenolic OH excluding ortho intramolecular Hbond substituents is 1. The molecule has 1 aliphatic carbocycles. The van der Waals surface area contributed by atoms with Crippen LogP contribution in [-0.4, -0.2) is 33.4 Å². The molecule has 1 saturated carbocycles. The van der Waals surface area contributed by atoms with Crippen molar-refractivity contribution < 1.29 is 14.6 Å². The fourth-order valence-electron chi connectivity index (χ4n) is 3.39. The summed E-state index contributed by atoms with van der Waals surface area (Å²) in [6.07, 6.45) is 2.94. The molecule has 2 aromatic carbocycles. The van der Waals surface area contributed by atoms with Gasteiger partial charge in [0.15, 0.2) is 0 Å². The molecule has 29 heavy (non-hydrogen) atoms. The van der Waals surface area contributed by atoms with E-state index in [4.69, 9.17) is 4.74 Å². The largest absolute Gasteiger partial charge is 0.507 e. The molecule has 1 unspecified atom stereocenters. The zero-order valence-corrected chi connectivity index (χ0v) is 16.4. The van der Waals surface area contributed by atoms with E-state index in [-0.39, 0.29) is 23.8 Å². The molecule has 1 heterocycles. The van der Waals surface area contributed by atoms with Crippen molar-refractivity contribution in [1.82, 2.24) is 15.5 Å². The van der Waals surface area contributed by atoms with Gasteiger partial charge in [0.25, 0.3) is 5.91 Å². The van der Waals surface area contributed by atoms with Crippen LogP contribution in [0.4, 0.5) is 0 Å². The fraction of sp³-hybridized carbons (Fsp3) is 0.304. The van der Waals surface area contributed by atoms with Crippen LogP contribution in [0.5, 0.6) is 11.5 Å². The van der Waals surface area contributed by atoms with Crippen LogP contribution in [0.15, 0.2) is 60.7 Å². The normalized spacial score (nSPS) is 15.5. The van der Waals surface area contributed by atoms with Crippen molar-refractivity contribution >= 4 is 5.91 Å². The molecule has 3 N–H and O–H groups in total. The molecule has 0 radical (unpaired) electrons. The molecular weight excluding hydrogens is 366 g/mol. The van der Waals surface area contributed by atoms with Crippen LogP contribution < -0.4 is 10.1 Å². The number of benzene rings is 2. The SMILES string of the molecule is CC(CNC(=O)c1ccccc1O)(Cc1cc(C2CC2)[nH]n1)Oc1ccccc1. The number of nitrogens with zero attached hydrogens (tertiary/aromatic N) is 1. The molecule has 1 aliphatic rings. The van der Waals surface area contributed by atoms with Gasteiger partial charge < -0.3 is 15.2 Å². The van der Waals surface area contributed by atoms with Crippen LogP contribution in [0.1, 0.15) is 47.4 Å². The number of carbonyl (C=O) groups excluding carboxylic acids is 1. The second-order valence-corrected chi connectivity index (χ2v) is 7.83. The lowest BCUT2D eigenvalue weighted by atomic mass is 9.98.